The molecule has 1 saturated carbocycles. The number of nitrogens with zero attached hydrogens (tertiary/aromatic N) is 4. The van der Waals surface area contributed by atoms with Gasteiger partial charge in [0.05, 0.1) is 5.39 Å². The molecule has 3 aromatic rings. The Bertz CT molecular complexity index is 1230. The second-order valence-electron chi connectivity index (χ2n) is 10.2. The third kappa shape index (κ3) is 4.70. The molecule has 1 aliphatic carbocycles. The van der Waals surface area contributed by atoms with Crippen molar-refractivity contribution in [2.75, 3.05) is 20.1 Å². The van der Waals surface area contributed by atoms with Crippen molar-refractivity contribution < 1.29 is 18.4 Å². The van der Waals surface area contributed by atoms with Crippen LogP contribution in [0, 0.1) is 5.82 Å². The van der Waals surface area contributed by atoms with E-state index in [9.17, 15) is 9.59 Å². The monoisotopic (exact) mass is 480 g/mol. The normalized spacial score (nSPS) is 18.4. The number of aryl methyl sites for hydroxylation is 1. The minimum Gasteiger partial charge on any atom is -0.450 e. The van der Waals surface area contributed by atoms with Crippen molar-refractivity contribution >= 4 is 22.8 Å². The van der Waals surface area contributed by atoms with Crippen LogP contribution in [-0.4, -0.2) is 57.6 Å². The van der Waals surface area contributed by atoms with E-state index in [2.05, 4.69) is 5.10 Å². The van der Waals surface area contributed by atoms with E-state index in [1.807, 2.05) is 37.1 Å². The molecule has 1 aliphatic heterocycles. The molecule has 3 heterocycles. The second kappa shape index (κ2) is 9.47. The fourth-order valence-corrected chi connectivity index (χ4v) is 5.11. The predicted molar refractivity (Wildman–Crippen MR) is 131 cm³/mol. The molecule has 0 unspecified atom stereocenters. The van der Waals surface area contributed by atoms with Crippen LogP contribution in [0.2, 0.25) is 0 Å². The van der Waals surface area contributed by atoms with Crippen molar-refractivity contribution in [1.82, 2.24) is 19.6 Å². The average molecular weight is 481 g/mol. The molecule has 0 radical (unpaired) electrons. The highest BCUT2D eigenvalue weighted by molar-refractivity contribution is 5.97. The highest BCUT2D eigenvalue weighted by Gasteiger charge is 2.33. The number of piperidine rings is 1. The zero-order valence-electron chi connectivity index (χ0n) is 20.7. The molecule has 0 bridgehead atoms. The maximum Gasteiger partial charge on any atom is 0.289 e. The number of carbonyl (C=O) groups is 2. The quantitative estimate of drug-likeness (QED) is 0.481. The summed E-state index contributed by atoms with van der Waals surface area (Å²) in [6.45, 7) is 5.80. The molecular weight excluding hydrogens is 447 g/mol. The predicted octanol–water partition coefficient (Wildman–Crippen LogP) is 4.92. The summed E-state index contributed by atoms with van der Waals surface area (Å²) in [6, 6.07) is 5.55. The van der Waals surface area contributed by atoms with Crippen LogP contribution in [0.1, 0.15) is 79.5 Å². The van der Waals surface area contributed by atoms with E-state index in [0.717, 1.165) is 31.2 Å². The Morgan fingerprint density at radius 2 is 2.06 bits per heavy atom. The van der Waals surface area contributed by atoms with E-state index in [0.29, 0.717) is 42.6 Å². The topological polar surface area (TPSA) is 71.6 Å². The van der Waals surface area contributed by atoms with Gasteiger partial charge in [0.25, 0.3) is 5.91 Å². The molecule has 0 spiro atoms. The maximum absolute atomic E-state index is 15.9. The minimum absolute atomic E-state index is 0.0649. The van der Waals surface area contributed by atoms with Crippen molar-refractivity contribution in [3.05, 3.63) is 53.3 Å². The van der Waals surface area contributed by atoms with E-state index >= 15 is 4.39 Å². The summed E-state index contributed by atoms with van der Waals surface area (Å²) >= 11 is 0. The van der Waals surface area contributed by atoms with Gasteiger partial charge in [-0.2, -0.15) is 5.10 Å². The SMILES string of the molecule is CC(C)c1cc([C@@H]2CCCN(C(=O)CCn3cccn3)C2)c(F)c2cc(C(=O)N(C)C3CC3)oc12. The number of hydrogen-bond acceptors (Lipinski definition) is 4. The lowest BCUT2D eigenvalue weighted by atomic mass is 9.86. The number of aromatic nitrogens is 2. The lowest BCUT2D eigenvalue weighted by Crippen LogP contribution is -2.39. The Labute approximate surface area is 204 Å². The van der Waals surface area contributed by atoms with Gasteiger partial charge in [-0.25, -0.2) is 4.39 Å². The summed E-state index contributed by atoms with van der Waals surface area (Å²) in [5.74, 6) is -0.283. The van der Waals surface area contributed by atoms with Gasteiger partial charge >= 0.3 is 0 Å². The number of hydrogen-bond donors (Lipinski definition) is 0. The van der Waals surface area contributed by atoms with Crippen LogP contribution < -0.4 is 0 Å². The number of benzene rings is 1. The number of carbonyl (C=O) groups excluding carboxylic acids is 2. The van der Waals surface area contributed by atoms with Crippen LogP contribution in [-0.2, 0) is 11.3 Å². The van der Waals surface area contributed by atoms with Gasteiger partial charge in [-0.15, -0.1) is 0 Å². The number of rotatable bonds is 7. The Hall–Kier alpha value is -3.16. The number of amides is 2. The summed E-state index contributed by atoms with van der Waals surface area (Å²) < 4.78 is 23.6. The van der Waals surface area contributed by atoms with Gasteiger partial charge in [0, 0.05) is 63.5 Å². The van der Waals surface area contributed by atoms with Crippen LogP contribution >= 0.6 is 0 Å². The molecule has 8 heteroatoms. The molecule has 7 nitrogen and oxygen atoms in total. The maximum atomic E-state index is 15.9. The molecule has 2 aromatic heterocycles. The zero-order chi connectivity index (χ0) is 24.7. The Morgan fingerprint density at radius 1 is 1.26 bits per heavy atom. The highest BCUT2D eigenvalue weighted by atomic mass is 19.1. The van der Waals surface area contributed by atoms with E-state index in [1.165, 1.54) is 0 Å². The third-order valence-electron chi connectivity index (χ3n) is 7.37. The zero-order valence-corrected chi connectivity index (χ0v) is 20.7. The lowest BCUT2D eigenvalue weighted by Gasteiger charge is -2.33. The van der Waals surface area contributed by atoms with Crippen molar-refractivity contribution in [3.63, 3.8) is 0 Å². The van der Waals surface area contributed by atoms with Gasteiger partial charge in [0.1, 0.15) is 11.4 Å². The fourth-order valence-electron chi connectivity index (χ4n) is 5.11. The van der Waals surface area contributed by atoms with Gasteiger partial charge in [-0.1, -0.05) is 13.8 Å². The first-order valence-corrected chi connectivity index (χ1v) is 12.6. The van der Waals surface area contributed by atoms with Crippen LogP contribution in [0.3, 0.4) is 0 Å². The smallest absolute Gasteiger partial charge is 0.289 e. The summed E-state index contributed by atoms with van der Waals surface area (Å²) in [6.07, 6.45) is 7.55. The molecule has 2 aliphatic rings. The number of halogens is 1. The second-order valence-corrected chi connectivity index (χ2v) is 10.2. The molecule has 2 fully saturated rings. The van der Waals surface area contributed by atoms with E-state index in [-0.39, 0.29) is 41.3 Å². The molecule has 5 rings (SSSR count). The van der Waals surface area contributed by atoms with E-state index < -0.39 is 0 Å². The van der Waals surface area contributed by atoms with Crippen molar-refractivity contribution in [2.45, 2.75) is 70.4 Å². The first-order valence-electron chi connectivity index (χ1n) is 12.6. The van der Waals surface area contributed by atoms with Gasteiger partial charge in [0.2, 0.25) is 5.91 Å². The first-order chi connectivity index (χ1) is 16.8. The number of fused-ring (bicyclic) bond motifs is 1. The van der Waals surface area contributed by atoms with Crippen LogP contribution in [0.15, 0.2) is 35.0 Å². The average Bonchev–Trinajstić information content (AvgIpc) is 3.38. The fraction of sp³-hybridized carbons (Fsp3) is 0.519. The van der Waals surface area contributed by atoms with Gasteiger partial charge in [-0.05, 0) is 54.9 Å². The summed E-state index contributed by atoms with van der Waals surface area (Å²) in [4.78, 5) is 29.3. The molecule has 1 atom stereocenters. The van der Waals surface area contributed by atoms with Crippen LogP contribution in [0.4, 0.5) is 4.39 Å². The molecule has 186 valence electrons. The van der Waals surface area contributed by atoms with Gasteiger partial charge < -0.3 is 14.2 Å². The first kappa shape index (κ1) is 23.6. The third-order valence-corrected chi connectivity index (χ3v) is 7.37. The van der Waals surface area contributed by atoms with Crippen molar-refractivity contribution in [1.29, 1.82) is 0 Å². The molecule has 1 saturated heterocycles. The minimum atomic E-state index is -0.336. The van der Waals surface area contributed by atoms with Gasteiger partial charge in [0.15, 0.2) is 5.76 Å². The largest absolute Gasteiger partial charge is 0.450 e. The summed E-state index contributed by atoms with van der Waals surface area (Å²) in [7, 11) is 1.78. The Balaban J connectivity index is 1.41. The molecule has 2 amide bonds. The lowest BCUT2D eigenvalue weighted by molar-refractivity contribution is -0.132. The molecule has 1 aromatic carbocycles. The Kier molecular flexibility index (Phi) is 6.38. The van der Waals surface area contributed by atoms with Crippen LogP contribution in [0.5, 0.6) is 0 Å². The standard InChI is InChI=1S/C27H33FN4O3/c1-17(2)20-14-21(18-6-4-11-31(16-18)24(33)9-13-32-12-5-10-29-32)25(28)22-15-23(35-26(20)22)27(34)30(3)19-7-8-19/h5,10,12,14-15,17-19H,4,6-9,11,13,16H2,1-3H3/t18-/m1/s1. The molecule has 35 heavy (non-hydrogen) atoms. The van der Waals surface area contributed by atoms with Crippen molar-refractivity contribution in [2.24, 2.45) is 0 Å². The molecular formula is C27H33FN4O3. The molecule has 0 N–H and O–H groups in total. The Morgan fingerprint density at radius 3 is 2.74 bits per heavy atom. The van der Waals surface area contributed by atoms with Crippen molar-refractivity contribution in [3.8, 4) is 0 Å². The van der Waals surface area contributed by atoms with E-state index in [4.69, 9.17) is 4.42 Å². The number of likely N-dealkylation sites (tertiary alicyclic amines) is 1. The highest BCUT2D eigenvalue weighted by Crippen LogP contribution is 2.38. The van der Waals surface area contributed by atoms with E-state index in [1.54, 1.807) is 28.9 Å². The van der Waals surface area contributed by atoms with Gasteiger partial charge in [-0.3, -0.25) is 14.3 Å². The summed E-state index contributed by atoms with van der Waals surface area (Å²) in [5.41, 5.74) is 1.96. The number of furan rings is 1. The van der Waals surface area contributed by atoms with Crippen LogP contribution in [0.25, 0.3) is 11.0 Å². The summed E-state index contributed by atoms with van der Waals surface area (Å²) in [5, 5.41) is 4.52.